The number of allylic oxidation sites excluding steroid dienone is 2. The molecular formula is C27H25AsO2. The predicted octanol–water partition coefficient (Wildman–Crippen LogP) is 5.59. The molecule has 3 aromatic rings. The van der Waals surface area contributed by atoms with Gasteiger partial charge in [0.2, 0.25) is 0 Å². The Balaban J connectivity index is 1.69. The number of ether oxygens (including phenoxy) is 2. The second-order valence-electron chi connectivity index (χ2n) is 7.64. The van der Waals surface area contributed by atoms with Crippen LogP contribution in [0.5, 0.6) is 11.5 Å². The van der Waals surface area contributed by atoms with Crippen molar-refractivity contribution in [3.63, 3.8) is 0 Å². The topological polar surface area (TPSA) is 18.5 Å². The molecule has 0 amide bonds. The van der Waals surface area contributed by atoms with Crippen molar-refractivity contribution in [3.05, 3.63) is 101 Å². The number of hydrogen-bond donors (Lipinski definition) is 0. The zero-order chi connectivity index (χ0) is 20.5. The Morgan fingerprint density at radius 2 is 1.07 bits per heavy atom. The summed E-state index contributed by atoms with van der Waals surface area (Å²) in [6, 6.07) is 28.5. The van der Waals surface area contributed by atoms with Gasteiger partial charge in [0.15, 0.2) is 0 Å². The summed E-state index contributed by atoms with van der Waals surface area (Å²) in [5, 5.41) is 0. The first-order valence-corrected chi connectivity index (χ1v) is 13.2. The Morgan fingerprint density at radius 1 is 0.600 bits per heavy atom. The van der Waals surface area contributed by atoms with Crippen LogP contribution in [0.3, 0.4) is 0 Å². The van der Waals surface area contributed by atoms with Crippen LogP contribution in [-0.4, -0.2) is 28.9 Å². The Hall–Kier alpha value is -2.70. The van der Waals surface area contributed by atoms with Crippen molar-refractivity contribution >= 4 is 27.7 Å². The Bertz CT molecular complexity index is 1040. The van der Waals surface area contributed by atoms with Gasteiger partial charge >= 0.3 is 183 Å². The third-order valence-corrected chi connectivity index (χ3v) is 11.8. The summed E-state index contributed by atoms with van der Waals surface area (Å²) in [6.07, 6.45) is 3.63. The summed E-state index contributed by atoms with van der Waals surface area (Å²) < 4.78 is 15.5. The quantitative estimate of drug-likeness (QED) is 0.466. The molecule has 1 saturated carbocycles. The van der Waals surface area contributed by atoms with Crippen molar-refractivity contribution in [2.75, 3.05) is 14.2 Å². The number of hydrogen-bond acceptors (Lipinski definition) is 2. The van der Waals surface area contributed by atoms with Gasteiger partial charge in [-0.15, -0.1) is 0 Å². The van der Waals surface area contributed by atoms with Gasteiger partial charge in [0.25, 0.3) is 0 Å². The molecule has 3 heteroatoms. The van der Waals surface area contributed by atoms with Crippen LogP contribution in [0.15, 0.2) is 90.0 Å². The van der Waals surface area contributed by atoms with Crippen LogP contribution in [0.1, 0.15) is 30.4 Å². The monoisotopic (exact) mass is 456 g/mol. The third-order valence-electron chi connectivity index (χ3n) is 5.98. The van der Waals surface area contributed by atoms with Crippen molar-refractivity contribution in [2.45, 2.75) is 19.3 Å². The van der Waals surface area contributed by atoms with Gasteiger partial charge in [-0.3, -0.25) is 0 Å². The summed E-state index contributed by atoms with van der Waals surface area (Å²) in [5.74, 6) is 1.83. The van der Waals surface area contributed by atoms with Crippen molar-refractivity contribution in [2.24, 2.45) is 0 Å². The van der Waals surface area contributed by atoms with Gasteiger partial charge in [-0.1, -0.05) is 0 Å². The summed E-state index contributed by atoms with van der Waals surface area (Å²) in [4.78, 5) is 0. The number of benzene rings is 3. The van der Waals surface area contributed by atoms with Gasteiger partial charge in [0.05, 0.1) is 0 Å². The summed E-state index contributed by atoms with van der Waals surface area (Å²) in [7, 11) is 3.46. The van der Waals surface area contributed by atoms with Crippen molar-refractivity contribution in [1.29, 1.82) is 0 Å². The van der Waals surface area contributed by atoms with Crippen LogP contribution in [-0.2, 0) is 0 Å². The second kappa shape index (κ2) is 8.20. The van der Waals surface area contributed by atoms with Crippen LogP contribution >= 0.6 is 0 Å². The van der Waals surface area contributed by atoms with E-state index < -0.39 is 14.7 Å². The van der Waals surface area contributed by atoms with Crippen LogP contribution in [0, 0.1) is 0 Å². The molecule has 1 heterocycles. The third kappa shape index (κ3) is 3.30. The summed E-state index contributed by atoms with van der Waals surface area (Å²) in [6.45, 7) is 0. The van der Waals surface area contributed by atoms with Gasteiger partial charge in [0.1, 0.15) is 0 Å². The molecule has 1 aliphatic carbocycles. The molecule has 0 N–H and O–H groups in total. The molecule has 0 radical (unpaired) electrons. The number of methoxy groups -OCH3 is 2. The van der Waals surface area contributed by atoms with E-state index in [0.29, 0.717) is 0 Å². The Morgan fingerprint density at radius 3 is 1.50 bits per heavy atom. The molecule has 0 saturated heterocycles. The summed E-state index contributed by atoms with van der Waals surface area (Å²) >= 11 is -1.67. The van der Waals surface area contributed by atoms with Gasteiger partial charge in [-0.2, -0.15) is 0 Å². The average Bonchev–Trinajstić information content (AvgIpc) is 3.40. The average molecular weight is 456 g/mol. The molecule has 1 aliphatic heterocycles. The zero-order valence-corrected chi connectivity index (χ0v) is 19.3. The molecule has 1 fully saturated rings. The molecule has 2 nitrogen and oxygen atoms in total. The van der Waals surface area contributed by atoms with Gasteiger partial charge in [-0.05, 0) is 0 Å². The van der Waals surface area contributed by atoms with E-state index in [2.05, 4.69) is 78.9 Å². The summed E-state index contributed by atoms with van der Waals surface area (Å²) in [5.41, 5.74) is 5.93. The molecule has 0 atom stereocenters. The van der Waals surface area contributed by atoms with E-state index in [-0.39, 0.29) is 0 Å². The first-order chi connectivity index (χ1) is 14.8. The Labute approximate surface area is 183 Å². The van der Waals surface area contributed by atoms with Crippen molar-refractivity contribution in [3.8, 4) is 11.5 Å². The maximum atomic E-state index is 5.42. The van der Waals surface area contributed by atoms with E-state index in [1.165, 1.54) is 34.7 Å². The molecular weight excluding hydrogens is 431 g/mol. The van der Waals surface area contributed by atoms with Crippen molar-refractivity contribution < 1.29 is 9.47 Å². The Kier molecular flexibility index (Phi) is 5.27. The van der Waals surface area contributed by atoms with E-state index in [9.17, 15) is 0 Å². The molecule has 0 unspecified atom stereocenters. The molecule has 5 rings (SSSR count). The molecule has 2 aliphatic rings. The number of rotatable bonds is 5. The molecule has 150 valence electrons. The minimum absolute atomic E-state index is 0.913. The molecule has 0 bridgehead atoms. The fraction of sp³-hybridized carbons (Fsp3) is 0.185. The predicted molar refractivity (Wildman–Crippen MR) is 126 cm³/mol. The molecule has 30 heavy (non-hydrogen) atoms. The van der Waals surface area contributed by atoms with Gasteiger partial charge in [-0.25, -0.2) is 0 Å². The van der Waals surface area contributed by atoms with Crippen LogP contribution in [0.4, 0.5) is 0 Å². The van der Waals surface area contributed by atoms with E-state index in [1.54, 1.807) is 34.1 Å². The fourth-order valence-corrected chi connectivity index (χ4v) is 11.0. The first-order valence-electron chi connectivity index (χ1n) is 10.4. The van der Waals surface area contributed by atoms with Crippen LogP contribution in [0.25, 0.3) is 8.72 Å². The molecule has 3 aromatic carbocycles. The van der Waals surface area contributed by atoms with E-state index in [0.717, 1.165) is 11.5 Å². The maximum absolute atomic E-state index is 5.42. The van der Waals surface area contributed by atoms with Crippen LogP contribution < -0.4 is 13.8 Å². The standard InChI is InChI=1S/C27H25AsO2/c1-29-22-15-11-19(12-16-22)26-24-9-6-10-25(24)27(20-13-17-23(30-2)18-14-20)28(26)21-7-4-3-5-8-21/h3-5,7-8,11-18H,6,9-10H2,1-2H3. The zero-order valence-electron chi connectivity index (χ0n) is 17.4. The minimum atomic E-state index is -1.67. The van der Waals surface area contributed by atoms with Crippen LogP contribution in [0.2, 0.25) is 0 Å². The normalized spacial score (nSPS) is 16.2. The van der Waals surface area contributed by atoms with Gasteiger partial charge < -0.3 is 0 Å². The van der Waals surface area contributed by atoms with Crippen molar-refractivity contribution in [1.82, 2.24) is 0 Å². The SMILES string of the molecule is COc1ccc(C2=C3CCCC3=C(c3ccc(OC)cc3)[As]2c2ccccc2)cc1. The number of fused-ring (bicyclic) bond motifs is 1. The second-order valence-corrected chi connectivity index (χ2v) is 12.0. The molecule has 0 spiro atoms. The van der Waals surface area contributed by atoms with E-state index >= 15 is 0 Å². The molecule has 0 aromatic heterocycles. The first kappa shape index (κ1) is 19.3. The van der Waals surface area contributed by atoms with E-state index in [4.69, 9.17) is 9.47 Å². The van der Waals surface area contributed by atoms with E-state index in [1.807, 2.05) is 0 Å². The van der Waals surface area contributed by atoms with Gasteiger partial charge in [0, 0.05) is 0 Å². The fourth-order valence-electron chi connectivity index (χ4n) is 4.59.